The summed E-state index contributed by atoms with van der Waals surface area (Å²) >= 11 is 0. The lowest BCUT2D eigenvalue weighted by molar-refractivity contribution is -0.126. The third-order valence-corrected chi connectivity index (χ3v) is 5.01. The summed E-state index contributed by atoms with van der Waals surface area (Å²) in [5.41, 5.74) is 4.26. The van der Waals surface area contributed by atoms with Gasteiger partial charge in [-0.05, 0) is 49.6 Å². The Morgan fingerprint density at radius 1 is 1.19 bits per heavy atom. The zero-order valence-corrected chi connectivity index (χ0v) is 16.1. The minimum Gasteiger partial charge on any atom is -0.497 e. The van der Waals surface area contributed by atoms with Crippen LogP contribution in [0.4, 0.5) is 5.69 Å². The van der Waals surface area contributed by atoms with E-state index in [4.69, 9.17) is 4.74 Å². The smallest absolute Gasteiger partial charge is 0.227 e. The molecule has 2 amide bonds. The Morgan fingerprint density at radius 3 is 2.59 bits per heavy atom. The van der Waals surface area contributed by atoms with Crippen LogP contribution in [0.2, 0.25) is 0 Å². The molecule has 1 aliphatic heterocycles. The highest BCUT2D eigenvalue weighted by Gasteiger charge is 2.35. The molecule has 0 saturated carbocycles. The number of rotatable bonds is 6. The first-order chi connectivity index (χ1) is 13.0. The number of benzene rings is 2. The molecule has 5 nitrogen and oxygen atoms in total. The Labute approximate surface area is 160 Å². The van der Waals surface area contributed by atoms with Crippen LogP contribution in [0, 0.1) is 19.8 Å². The van der Waals surface area contributed by atoms with Crippen molar-refractivity contribution in [3.05, 3.63) is 59.2 Å². The van der Waals surface area contributed by atoms with Crippen LogP contribution in [0.15, 0.2) is 42.5 Å². The van der Waals surface area contributed by atoms with Crippen molar-refractivity contribution < 1.29 is 14.3 Å². The van der Waals surface area contributed by atoms with E-state index in [-0.39, 0.29) is 24.2 Å². The molecule has 1 fully saturated rings. The van der Waals surface area contributed by atoms with Crippen LogP contribution in [-0.2, 0) is 16.0 Å². The molecule has 0 aromatic heterocycles. The van der Waals surface area contributed by atoms with Gasteiger partial charge in [-0.1, -0.05) is 29.8 Å². The van der Waals surface area contributed by atoms with Crippen molar-refractivity contribution in [1.29, 1.82) is 0 Å². The lowest BCUT2D eigenvalue weighted by Gasteiger charge is -2.19. The van der Waals surface area contributed by atoms with Crippen LogP contribution in [0.1, 0.15) is 23.1 Å². The van der Waals surface area contributed by atoms with Crippen LogP contribution < -0.4 is 15.0 Å². The first-order valence-electron chi connectivity index (χ1n) is 9.26. The predicted molar refractivity (Wildman–Crippen MR) is 106 cm³/mol. The number of hydrogen-bond acceptors (Lipinski definition) is 3. The summed E-state index contributed by atoms with van der Waals surface area (Å²) in [5, 5.41) is 2.97. The molecule has 27 heavy (non-hydrogen) atoms. The monoisotopic (exact) mass is 366 g/mol. The van der Waals surface area contributed by atoms with Crippen molar-refractivity contribution in [3.63, 3.8) is 0 Å². The number of hydrogen-bond donors (Lipinski definition) is 1. The molecule has 0 spiro atoms. The Balaban J connectivity index is 1.54. The number of carbonyl (C=O) groups excluding carboxylic acids is 2. The van der Waals surface area contributed by atoms with Gasteiger partial charge in [0, 0.05) is 25.2 Å². The molecule has 0 radical (unpaired) electrons. The molecule has 1 aliphatic rings. The first-order valence-corrected chi connectivity index (χ1v) is 9.26. The maximum Gasteiger partial charge on any atom is 0.227 e. The van der Waals surface area contributed by atoms with Gasteiger partial charge in [-0.3, -0.25) is 9.59 Å². The molecular weight excluding hydrogens is 340 g/mol. The van der Waals surface area contributed by atoms with Gasteiger partial charge in [-0.2, -0.15) is 0 Å². The fourth-order valence-electron chi connectivity index (χ4n) is 3.49. The summed E-state index contributed by atoms with van der Waals surface area (Å²) in [4.78, 5) is 26.6. The van der Waals surface area contributed by atoms with Gasteiger partial charge in [0.25, 0.3) is 0 Å². The highest BCUT2D eigenvalue weighted by Crippen LogP contribution is 2.28. The molecule has 0 bridgehead atoms. The Bertz CT molecular complexity index is 830. The van der Waals surface area contributed by atoms with Gasteiger partial charge >= 0.3 is 0 Å². The second kappa shape index (κ2) is 8.25. The number of anilines is 1. The molecule has 1 heterocycles. The lowest BCUT2D eigenvalue weighted by Crippen LogP contribution is -2.34. The van der Waals surface area contributed by atoms with Gasteiger partial charge in [0.05, 0.1) is 13.0 Å². The van der Waals surface area contributed by atoms with E-state index in [1.165, 1.54) is 0 Å². The molecule has 2 aromatic rings. The van der Waals surface area contributed by atoms with E-state index in [9.17, 15) is 9.59 Å². The Kier molecular flexibility index (Phi) is 5.79. The number of nitrogens with one attached hydrogen (secondary N) is 1. The predicted octanol–water partition coefficient (Wildman–Crippen LogP) is 3.02. The van der Waals surface area contributed by atoms with Gasteiger partial charge in [0.15, 0.2) is 0 Å². The van der Waals surface area contributed by atoms with Gasteiger partial charge < -0.3 is 15.0 Å². The molecule has 0 aliphatic carbocycles. The summed E-state index contributed by atoms with van der Waals surface area (Å²) in [6, 6.07) is 13.8. The molecule has 1 saturated heterocycles. The van der Waals surface area contributed by atoms with Crippen molar-refractivity contribution in [1.82, 2.24) is 5.32 Å². The Hall–Kier alpha value is -2.82. The molecule has 1 unspecified atom stereocenters. The van der Waals surface area contributed by atoms with Gasteiger partial charge in [0.2, 0.25) is 11.8 Å². The molecule has 5 heteroatoms. The SMILES string of the molecule is COc1ccc(CCNC(=O)C2CC(=O)N(c3ccc(C)cc3C)C2)cc1. The summed E-state index contributed by atoms with van der Waals surface area (Å²) in [6.45, 7) is 5.02. The number of ether oxygens (including phenoxy) is 1. The van der Waals surface area contributed by atoms with Crippen molar-refractivity contribution in [3.8, 4) is 5.75 Å². The third-order valence-electron chi connectivity index (χ3n) is 5.01. The quantitative estimate of drug-likeness (QED) is 0.855. The van der Waals surface area contributed by atoms with E-state index in [1.807, 2.05) is 50.2 Å². The highest BCUT2D eigenvalue weighted by atomic mass is 16.5. The summed E-state index contributed by atoms with van der Waals surface area (Å²) in [5.74, 6) is 0.481. The second-order valence-electron chi connectivity index (χ2n) is 7.08. The zero-order valence-electron chi connectivity index (χ0n) is 16.1. The number of aryl methyl sites for hydroxylation is 2. The molecule has 1 atom stereocenters. The van der Waals surface area contributed by atoms with E-state index >= 15 is 0 Å². The Morgan fingerprint density at radius 2 is 1.93 bits per heavy atom. The molecule has 1 N–H and O–H groups in total. The normalized spacial score (nSPS) is 16.5. The minimum absolute atomic E-state index is 0.0113. The van der Waals surface area contributed by atoms with Crippen molar-refractivity contribution in [2.24, 2.45) is 5.92 Å². The van der Waals surface area contributed by atoms with Gasteiger partial charge in [0.1, 0.15) is 5.75 Å². The average Bonchev–Trinajstić information content (AvgIpc) is 3.04. The number of amides is 2. The van der Waals surface area contributed by atoms with Crippen molar-refractivity contribution >= 4 is 17.5 Å². The average molecular weight is 366 g/mol. The lowest BCUT2D eigenvalue weighted by atomic mass is 10.1. The van der Waals surface area contributed by atoms with Crippen molar-refractivity contribution in [2.45, 2.75) is 26.7 Å². The molecule has 2 aromatic carbocycles. The van der Waals surface area contributed by atoms with E-state index in [0.29, 0.717) is 13.1 Å². The maximum atomic E-state index is 12.5. The van der Waals surface area contributed by atoms with Crippen LogP contribution >= 0.6 is 0 Å². The fraction of sp³-hybridized carbons (Fsp3) is 0.364. The molecular formula is C22H26N2O3. The number of nitrogens with zero attached hydrogens (tertiary/aromatic N) is 1. The van der Waals surface area contributed by atoms with Crippen LogP contribution in [-0.4, -0.2) is 32.0 Å². The van der Waals surface area contributed by atoms with E-state index < -0.39 is 0 Å². The van der Waals surface area contributed by atoms with Crippen LogP contribution in [0.5, 0.6) is 5.75 Å². The largest absolute Gasteiger partial charge is 0.497 e. The van der Waals surface area contributed by atoms with Crippen LogP contribution in [0.3, 0.4) is 0 Å². The van der Waals surface area contributed by atoms with Gasteiger partial charge in [-0.25, -0.2) is 0 Å². The molecule has 142 valence electrons. The molecule has 3 rings (SSSR count). The topological polar surface area (TPSA) is 58.6 Å². The second-order valence-corrected chi connectivity index (χ2v) is 7.08. The van der Waals surface area contributed by atoms with E-state index in [2.05, 4.69) is 11.4 Å². The van der Waals surface area contributed by atoms with Crippen LogP contribution in [0.25, 0.3) is 0 Å². The van der Waals surface area contributed by atoms with E-state index in [0.717, 1.165) is 34.5 Å². The first kappa shape index (κ1) is 19.0. The highest BCUT2D eigenvalue weighted by molar-refractivity contribution is 6.00. The van der Waals surface area contributed by atoms with Gasteiger partial charge in [-0.15, -0.1) is 0 Å². The number of carbonyl (C=O) groups is 2. The van der Waals surface area contributed by atoms with Crippen molar-refractivity contribution in [2.75, 3.05) is 25.1 Å². The summed E-state index contributed by atoms with van der Waals surface area (Å²) in [6.07, 6.45) is 1.01. The standard InChI is InChI=1S/C22H26N2O3/c1-15-4-9-20(16(2)12-15)24-14-18(13-21(24)25)22(26)23-11-10-17-5-7-19(27-3)8-6-17/h4-9,12,18H,10-11,13-14H2,1-3H3,(H,23,26). The maximum absolute atomic E-state index is 12.5. The number of methoxy groups -OCH3 is 1. The van der Waals surface area contributed by atoms with E-state index in [1.54, 1.807) is 12.0 Å². The summed E-state index contributed by atoms with van der Waals surface area (Å²) < 4.78 is 5.14. The third kappa shape index (κ3) is 4.48. The minimum atomic E-state index is -0.297. The fourth-order valence-corrected chi connectivity index (χ4v) is 3.49. The summed E-state index contributed by atoms with van der Waals surface area (Å²) in [7, 11) is 1.64. The zero-order chi connectivity index (χ0) is 19.4.